The van der Waals surface area contributed by atoms with Gasteiger partial charge in [0.1, 0.15) is 0 Å². The van der Waals surface area contributed by atoms with Crippen molar-refractivity contribution in [1.82, 2.24) is 5.32 Å². The molecule has 1 aromatic carbocycles. The van der Waals surface area contributed by atoms with Gasteiger partial charge < -0.3 is 5.32 Å². The van der Waals surface area contributed by atoms with E-state index in [0.717, 1.165) is 25.2 Å². The molecule has 0 bridgehead atoms. The van der Waals surface area contributed by atoms with Gasteiger partial charge in [-0.15, -0.1) is 0 Å². The number of hydrogen-bond acceptors (Lipinski definition) is 1. The normalized spacial score (nSPS) is 16.0. The summed E-state index contributed by atoms with van der Waals surface area (Å²) in [6.07, 6.45) is -4.37. The summed E-state index contributed by atoms with van der Waals surface area (Å²) in [5, 5.41) is 3.10. The third-order valence-corrected chi connectivity index (χ3v) is 2.80. The molecule has 17 heavy (non-hydrogen) atoms. The van der Waals surface area contributed by atoms with Gasteiger partial charge in [0.05, 0.1) is 10.6 Å². The highest BCUT2D eigenvalue weighted by Crippen LogP contribution is 2.31. The van der Waals surface area contributed by atoms with Gasteiger partial charge in [-0.25, -0.2) is 0 Å². The summed E-state index contributed by atoms with van der Waals surface area (Å²) in [5.41, 5.74) is -0.315. The number of rotatable bonds is 0. The standard InChI is InChI=1S/C12H9ClF3N/c13-11-5-10(12(14,15)16)4-3-9(11)2-1-8-6-17-7-8/h3-5,8,17H,6-7H2. The maximum Gasteiger partial charge on any atom is 0.416 e. The quantitative estimate of drug-likeness (QED) is 0.707. The van der Waals surface area contributed by atoms with Gasteiger partial charge in [-0.1, -0.05) is 23.4 Å². The predicted octanol–water partition coefficient (Wildman–Crippen LogP) is 2.93. The van der Waals surface area contributed by atoms with Crippen molar-refractivity contribution in [2.75, 3.05) is 13.1 Å². The molecule has 1 aromatic rings. The Morgan fingerprint density at radius 3 is 2.47 bits per heavy atom. The molecule has 1 N–H and O–H groups in total. The molecular weight excluding hydrogens is 251 g/mol. The highest BCUT2D eigenvalue weighted by molar-refractivity contribution is 6.31. The molecule has 0 aliphatic carbocycles. The van der Waals surface area contributed by atoms with Crippen LogP contribution < -0.4 is 5.32 Å². The van der Waals surface area contributed by atoms with Crippen molar-refractivity contribution < 1.29 is 13.2 Å². The van der Waals surface area contributed by atoms with E-state index in [0.29, 0.717) is 5.56 Å². The molecule has 0 amide bonds. The molecule has 0 atom stereocenters. The van der Waals surface area contributed by atoms with Crippen LogP contribution in [0.2, 0.25) is 5.02 Å². The Bertz CT molecular complexity index is 481. The topological polar surface area (TPSA) is 12.0 Å². The lowest BCUT2D eigenvalue weighted by atomic mass is 10.0. The number of halogens is 4. The van der Waals surface area contributed by atoms with E-state index in [4.69, 9.17) is 11.6 Å². The van der Waals surface area contributed by atoms with Crippen LogP contribution in [0.4, 0.5) is 13.2 Å². The number of nitrogens with one attached hydrogen (secondary N) is 1. The second-order valence-electron chi connectivity index (χ2n) is 3.82. The lowest BCUT2D eigenvalue weighted by Gasteiger charge is -2.21. The highest BCUT2D eigenvalue weighted by Gasteiger charge is 2.30. The average Bonchev–Trinajstić information content (AvgIpc) is 2.16. The summed E-state index contributed by atoms with van der Waals surface area (Å²) in [6.45, 7) is 1.65. The van der Waals surface area contributed by atoms with E-state index in [9.17, 15) is 13.2 Å². The van der Waals surface area contributed by atoms with Gasteiger partial charge >= 0.3 is 6.18 Å². The monoisotopic (exact) mass is 259 g/mol. The fourth-order valence-corrected chi connectivity index (χ4v) is 1.59. The van der Waals surface area contributed by atoms with Crippen LogP contribution in [0.5, 0.6) is 0 Å². The summed E-state index contributed by atoms with van der Waals surface area (Å²) in [5.74, 6) is 6.03. The minimum Gasteiger partial charge on any atom is -0.314 e. The van der Waals surface area contributed by atoms with Gasteiger partial charge in [0.25, 0.3) is 0 Å². The maximum absolute atomic E-state index is 12.4. The molecule has 1 aliphatic rings. The van der Waals surface area contributed by atoms with Crippen molar-refractivity contribution in [2.45, 2.75) is 6.18 Å². The van der Waals surface area contributed by atoms with E-state index in [1.165, 1.54) is 6.07 Å². The van der Waals surface area contributed by atoms with Gasteiger partial charge in [-0.05, 0) is 18.2 Å². The van der Waals surface area contributed by atoms with E-state index in [2.05, 4.69) is 17.2 Å². The molecule has 0 saturated carbocycles. The smallest absolute Gasteiger partial charge is 0.314 e. The van der Waals surface area contributed by atoms with Crippen molar-refractivity contribution in [3.63, 3.8) is 0 Å². The van der Waals surface area contributed by atoms with Crippen LogP contribution in [0.25, 0.3) is 0 Å². The minimum absolute atomic E-state index is 0.0413. The predicted molar refractivity (Wildman–Crippen MR) is 59.7 cm³/mol. The average molecular weight is 260 g/mol. The molecule has 0 aromatic heterocycles. The molecule has 1 saturated heterocycles. The zero-order valence-electron chi connectivity index (χ0n) is 8.74. The zero-order chi connectivity index (χ0) is 12.5. The molecule has 90 valence electrons. The van der Waals surface area contributed by atoms with E-state index in [1.54, 1.807) is 0 Å². The Balaban J connectivity index is 2.21. The summed E-state index contributed by atoms with van der Waals surface area (Å²) >= 11 is 5.76. The molecule has 0 radical (unpaired) electrons. The first-order valence-electron chi connectivity index (χ1n) is 5.06. The van der Waals surface area contributed by atoms with Crippen LogP contribution >= 0.6 is 11.6 Å². The fourth-order valence-electron chi connectivity index (χ4n) is 1.36. The third kappa shape index (κ3) is 2.93. The van der Waals surface area contributed by atoms with E-state index in [1.807, 2.05) is 0 Å². The molecule has 1 aliphatic heterocycles. The summed E-state index contributed by atoms with van der Waals surface area (Å²) < 4.78 is 37.1. The molecule has 0 spiro atoms. The van der Waals surface area contributed by atoms with Crippen molar-refractivity contribution >= 4 is 11.6 Å². The van der Waals surface area contributed by atoms with Gasteiger partial charge in [0.2, 0.25) is 0 Å². The first-order chi connectivity index (χ1) is 7.97. The van der Waals surface area contributed by atoms with Crippen LogP contribution in [-0.2, 0) is 6.18 Å². The lowest BCUT2D eigenvalue weighted by Crippen LogP contribution is -2.40. The van der Waals surface area contributed by atoms with Crippen LogP contribution in [0, 0.1) is 17.8 Å². The second-order valence-corrected chi connectivity index (χ2v) is 4.22. The Morgan fingerprint density at radius 1 is 1.29 bits per heavy atom. The van der Waals surface area contributed by atoms with Gasteiger partial charge in [0, 0.05) is 24.6 Å². The molecular formula is C12H9ClF3N. The third-order valence-electron chi connectivity index (χ3n) is 2.49. The van der Waals surface area contributed by atoms with Gasteiger partial charge in [-0.3, -0.25) is 0 Å². The van der Waals surface area contributed by atoms with Crippen LogP contribution in [-0.4, -0.2) is 13.1 Å². The van der Waals surface area contributed by atoms with Crippen molar-refractivity contribution in [1.29, 1.82) is 0 Å². The fraction of sp³-hybridized carbons (Fsp3) is 0.333. The van der Waals surface area contributed by atoms with Crippen LogP contribution in [0.15, 0.2) is 18.2 Å². The molecule has 2 rings (SSSR count). The van der Waals surface area contributed by atoms with E-state index in [-0.39, 0.29) is 10.9 Å². The van der Waals surface area contributed by atoms with Crippen molar-refractivity contribution in [3.8, 4) is 11.8 Å². The summed E-state index contributed by atoms with van der Waals surface area (Å²) in [6, 6.07) is 3.21. The van der Waals surface area contributed by atoms with E-state index < -0.39 is 11.7 Å². The Labute approximate surface area is 102 Å². The Morgan fingerprint density at radius 2 is 2.00 bits per heavy atom. The van der Waals surface area contributed by atoms with Crippen molar-refractivity contribution in [2.24, 2.45) is 5.92 Å². The molecule has 5 heteroatoms. The molecule has 1 nitrogen and oxygen atoms in total. The first kappa shape index (κ1) is 12.3. The summed E-state index contributed by atoms with van der Waals surface area (Å²) in [4.78, 5) is 0. The molecule has 0 unspecified atom stereocenters. The number of benzene rings is 1. The largest absolute Gasteiger partial charge is 0.416 e. The lowest BCUT2D eigenvalue weighted by molar-refractivity contribution is -0.137. The first-order valence-corrected chi connectivity index (χ1v) is 5.43. The van der Waals surface area contributed by atoms with Crippen LogP contribution in [0.1, 0.15) is 11.1 Å². The molecule has 1 heterocycles. The summed E-state index contributed by atoms with van der Waals surface area (Å²) in [7, 11) is 0. The van der Waals surface area contributed by atoms with Crippen LogP contribution in [0.3, 0.4) is 0 Å². The highest BCUT2D eigenvalue weighted by atomic mass is 35.5. The zero-order valence-corrected chi connectivity index (χ0v) is 9.49. The second kappa shape index (κ2) is 4.59. The Hall–Kier alpha value is -1.18. The van der Waals surface area contributed by atoms with Gasteiger partial charge in [0.15, 0.2) is 0 Å². The minimum atomic E-state index is -4.37. The van der Waals surface area contributed by atoms with Crippen molar-refractivity contribution in [3.05, 3.63) is 34.3 Å². The Kier molecular flexibility index (Phi) is 3.32. The maximum atomic E-state index is 12.4. The SMILES string of the molecule is FC(F)(F)c1ccc(C#CC2CNC2)c(Cl)c1. The number of hydrogen-bond donors (Lipinski definition) is 1. The van der Waals surface area contributed by atoms with E-state index >= 15 is 0 Å². The molecule has 1 fully saturated rings. The number of alkyl halides is 3. The van der Waals surface area contributed by atoms with Gasteiger partial charge in [-0.2, -0.15) is 13.2 Å².